The molecule has 1 aromatic heterocycles. The van der Waals surface area contributed by atoms with E-state index in [0.717, 1.165) is 40.4 Å². The smallest absolute Gasteiger partial charge is 0.119 e. The van der Waals surface area contributed by atoms with Gasteiger partial charge in [-0.15, -0.1) is 0 Å². The lowest BCUT2D eigenvalue weighted by Gasteiger charge is -2.10. The molecule has 1 aromatic carbocycles. The van der Waals surface area contributed by atoms with Gasteiger partial charge in [-0.2, -0.15) is 0 Å². The average Bonchev–Trinajstić information content (AvgIpc) is 3.21. The number of ether oxygens (including phenoxy) is 1. The van der Waals surface area contributed by atoms with E-state index in [4.69, 9.17) is 15.6 Å². The van der Waals surface area contributed by atoms with Crippen molar-refractivity contribution in [3.63, 3.8) is 0 Å². The summed E-state index contributed by atoms with van der Waals surface area (Å²) >= 11 is 0. The van der Waals surface area contributed by atoms with Crippen molar-refractivity contribution in [2.75, 3.05) is 12.5 Å². The van der Waals surface area contributed by atoms with E-state index in [9.17, 15) is 0 Å². The van der Waals surface area contributed by atoms with Gasteiger partial charge in [0.1, 0.15) is 5.75 Å². The summed E-state index contributed by atoms with van der Waals surface area (Å²) < 4.78 is 5.22. The van der Waals surface area contributed by atoms with Gasteiger partial charge >= 0.3 is 0 Å². The quantitative estimate of drug-likeness (QED) is 0.639. The van der Waals surface area contributed by atoms with Crippen molar-refractivity contribution in [2.45, 2.75) is 19.3 Å². The summed E-state index contributed by atoms with van der Waals surface area (Å²) in [6, 6.07) is 7.95. The minimum absolute atomic E-state index is 0.792. The van der Waals surface area contributed by atoms with E-state index in [-0.39, 0.29) is 0 Å². The SMILES string of the molecule is COc1ccc2nc(CC3CC3)c(NN)cc2c1. The van der Waals surface area contributed by atoms with Gasteiger partial charge in [0.15, 0.2) is 0 Å². The molecule has 1 fully saturated rings. The first-order valence-corrected chi connectivity index (χ1v) is 6.24. The second-order valence-corrected chi connectivity index (χ2v) is 4.83. The van der Waals surface area contributed by atoms with Crippen LogP contribution in [0.25, 0.3) is 10.9 Å². The molecular formula is C14H17N3O. The van der Waals surface area contributed by atoms with Crippen LogP contribution in [0.2, 0.25) is 0 Å². The van der Waals surface area contributed by atoms with Crippen LogP contribution in [0.1, 0.15) is 18.5 Å². The number of nitrogens with one attached hydrogen (secondary N) is 1. The molecule has 1 saturated carbocycles. The lowest BCUT2D eigenvalue weighted by Crippen LogP contribution is -2.11. The van der Waals surface area contributed by atoms with E-state index in [1.54, 1.807) is 7.11 Å². The van der Waals surface area contributed by atoms with Gasteiger partial charge in [0, 0.05) is 5.39 Å². The molecule has 0 unspecified atom stereocenters. The molecule has 0 aliphatic heterocycles. The summed E-state index contributed by atoms with van der Waals surface area (Å²) in [5.41, 5.74) is 5.73. The van der Waals surface area contributed by atoms with Crippen molar-refractivity contribution in [1.29, 1.82) is 0 Å². The topological polar surface area (TPSA) is 60.2 Å². The highest BCUT2D eigenvalue weighted by Gasteiger charge is 2.23. The number of rotatable bonds is 4. The molecule has 2 aromatic rings. The minimum Gasteiger partial charge on any atom is -0.497 e. The first kappa shape index (κ1) is 11.3. The lowest BCUT2D eigenvalue weighted by molar-refractivity contribution is 0.415. The van der Waals surface area contributed by atoms with Crippen LogP contribution in [0.4, 0.5) is 5.69 Å². The van der Waals surface area contributed by atoms with Crippen LogP contribution in [0, 0.1) is 5.92 Å². The van der Waals surface area contributed by atoms with Gasteiger partial charge in [-0.25, -0.2) is 0 Å². The van der Waals surface area contributed by atoms with Crippen LogP contribution < -0.4 is 16.0 Å². The number of nitrogen functional groups attached to an aromatic ring is 1. The molecule has 94 valence electrons. The predicted molar refractivity (Wildman–Crippen MR) is 72.5 cm³/mol. The second kappa shape index (κ2) is 4.46. The highest BCUT2D eigenvalue weighted by molar-refractivity contribution is 5.84. The van der Waals surface area contributed by atoms with Crippen molar-refractivity contribution in [3.05, 3.63) is 30.0 Å². The summed E-state index contributed by atoms with van der Waals surface area (Å²) in [5, 5.41) is 1.04. The summed E-state index contributed by atoms with van der Waals surface area (Å²) in [5.74, 6) is 7.21. The van der Waals surface area contributed by atoms with Crippen molar-refractivity contribution in [3.8, 4) is 5.75 Å². The average molecular weight is 243 g/mol. The predicted octanol–water partition coefficient (Wildman–Crippen LogP) is 2.48. The first-order chi connectivity index (χ1) is 8.80. The molecule has 0 amide bonds. The van der Waals surface area contributed by atoms with E-state index in [1.165, 1.54) is 12.8 Å². The van der Waals surface area contributed by atoms with Gasteiger partial charge in [0.2, 0.25) is 0 Å². The molecule has 0 bridgehead atoms. The van der Waals surface area contributed by atoms with Gasteiger partial charge in [-0.05, 0) is 49.4 Å². The number of anilines is 1. The molecule has 4 nitrogen and oxygen atoms in total. The number of nitrogens with zero attached hydrogens (tertiary/aromatic N) is 1. The monoisotopic (exact) mass is 243 g/mol. The number of benzene rings is 1. The highest BCUT2D eigenvalue weighted by Crippen LogP contribution is 2.35. The molecular weight excluding hydrogens is 226 g/mol. The Morgan fingerprint density at radius 1 is 1.39 bits per heavy atom. The van der Waals surface area contributed by atoms with Crippen LogP contribution >= 0.6 is 0 Å². The van der Waals surface area contributed by atoms with Crippen LogP contribution in [0.3, 0.4) is 0 Å². The van der Waals surface area contributed by atoms with Crippen molar-refractivity contribution >= 4 is 16.6 Å². The summed E-state index contributed by atoms with van der Waals surface area (Å²) in [6.07, 6.45) is 3.64. The van der Waals surface area contributed by atoms with Gasteiger partial charge in [0.25, 0.3) is 0 Å². The molecule has 0 atom stereocenters. The number of fused-ring (bicyclic) bond motifs is 1. The van der Waals surface area contributed by atoms with E-state index >= 15 is 0 Å². The zero-order valence-electron chi connectivity index (χ0n) is 10.4. The summed E-state index contributed by atoms with van der Waals surface area (Å²) in [7, 11) is 1.66. The third kappa shape index (κ3) is 2.11. The number of aromatic nitrogens is 1. The fourth-order valence-electron chi connectivity index (χ4n) is 2.20. The molecule has 0 radical (unpaired) electrons. The van der Waals surface area contributed by atoms with Crippen LogP contribution in [-0.2, 0) is 6.42 Å². The molecule has 3 rings (SSSR count). The molecule has 4 heteroatoms. The number of hydrazine groups is 1. The Balaban J connectivity index is 2.06. The van der Waals surface area contributed by atoms with Crippen LogP contribution in [-0.4, -0.2) is 12.1 Å². The maximum atomic E-state index is 5.59. The third-order valence-electron chi connectivity index (χ3n) is 3.44. The normalized spacial score (nSPS) is 14.8. The number of hydrogen-bond donors (Lipinski definition) is 2. The van der Waals surface area contributed by atoms with E-state index in [1.807, 2.05) is 24.3 Å². The standard InChI is InChI=1S/C14H17N3O/c1-18-11-4-5-12-10(7-11)8-14(17-15)13(16-12)6-9-2-3-9/h4-5,7-9,17H,2-3,6,15H2,1H3. The highest BCUT2D eigenvalue weighted by atomic mass is 16.5. The number of nitrogens with two attached hydrogens (primary N) is 1. The van der Waals surface area contributed by atoms with E-state index < -0.39 is 0 Å². The molecule has 1 aliphatic carbocycles. The Hall–Kier alpha value is -1.81. The fraction of sp³-hybridized carbons (Fsp3) is 0.357. The minimum atomic E-state index is 0.792. The Kier molecular flexibility index (Phi) is 2.80. The zero-order valence-corrected chi connectivity index (χ0v) is 10.4. The van der Waals surface area contributed by atoms with Crippen LogP contribution in [0.15, 0.2) is 24.3 Å². The third-order valence-corrected chi connectivity index (χ3v) is 3.44. The summed E-state index contributed by atoms with van der Waals surface area (Å²) in [6.45, 7) is 0. The molecule has 0 spiro atoms. The maximum absolute atomic E-state index is 5.59. The second-order valence-electron chi connectivity index (χ2n) is 4.83. The van der Waals surface area contributed by atoms with Gasteiger partial charge in [0.05, 0.1) is 24.0 Å². The van der Waals surface area contributed by atoms with E-state index in [2.05, 4.69) is 5.43 Å². The van der Waals surface area contributed by atoms with Gasteiger partial charge in [-0.1, -0.05) is 0 Å². The maximum Gasteiger partial charge on any atom is 0.119 e. The summed E-state index contributed by atoms with van der Waals surface area (Å²) in [4.78, 5) is 4.70. The van der Waals surface area contributed by atoms with Crippen molar-refractivity contribution in [2.24, 2.45) is 11.8 Å². The van der Waals surface area contributed by atoms with Gasteiger partial charge < -0.3 is 10.2 Å². The molecule has 1 heterocycles. The fourth-order valence-corrected chi connectivity index (χ4v) is 2.20. The Bertz CT molecular complexity index is 579. The van der Waals surface area contributed by atoms with Gasteiger partial charge in [-0.3, -0.25) is 10.8 Å². The number of hydrogen-bond acceptors (Lipinski definition) is 4. The molecule has 3 N–H and O–H groups in total. The Morgan fingerprint density at radius 3 is 2.89 bits per heavy atom. The first-order valence-electron chi connectivity index (χ1n) is 6.24. The van der Waals surface area contributed by atoms with Crippen molar-refractivity contribution in [1.82, 2.24) is 4.98 Å². The molecule has 1 aliphatic rings. The molecule has 18 heavy (non-hydrogen) atoms. The van der Waals surface area contributed by atoms with Crippen LogP contribution in [0.5, 0.6) is 5.75 Å². The molecule has 0 saturated heterocycles. The Labute approximate surface area is 106 Å². The van der Waals surface area contributed by atoms with E-state index in [0.29, 0.717) is 0 Å². The largest absolute Gasteiger partial charge is 0.497 e. The Morgan fingerprint density at radius 2 is 2.22 bits per heavy atom. The zero-order chi connectivity index (χ0) is 12.5. The van der Waals surface area contributed by atoms with Crippen molar-refractivity contribution < 1.29 is 4.74 Å². The lowest BCUT2D eigenvalue weighted by atomic mass is 10.1. The number of pyridine rings is 1. The number of methoxy groups -OCH3 is 1.